The van der Waals surface area contributed by atoms with Crippen molar-refractivity contribution in [2.24, 2.45) is 0 Å². The molecule has 0 bridgehead atoms. The number of fused-ring (bicyclic) bond motifs is 1. The average Bonchev–Trinajstić information content (AvgIpc) is 3.04. The Bertz CT molecular complexity index is 754. The van der Waals surface area contributed by atoms with Crippen LogP contribution in [0.5, 0.6) is 5.75 Å². The van der Waals surface area contributed by atoms with Gasteiger partial charge in [0, 0.05) is 30.6 Å². The van der Waals surface area contributed by atoms with Crippen molar-refractivity contribution < 1.29 is 13.9 Å². The van der Waals surface area contributed by atoms with Crippen LogP contribution < -0.4 is 4.74 Å². The lowest BCUT2D eigenvalue weighted by molar-refractivity contribution is -0.0414. The number of hydrogen-bond donors (Lipinski definition) is 0. The third-order valence-corrected chi connectivity index (χ3v) is 5.50. The van der Waals surface area contributed by atoms with Crippen LogP contribution >= 0.6 is 0 Å². The first-order chi connectivity index (χ1) is 11.1. The molecule has 2 saturated heterocycles. The number of carbonyl (C=O) groups excluding carboxylic acids is 1. The number of methoxy groups -OCH3 is 1. The summed E-state index contributed by atoms with van der Waals surface area (Å²) < 4.78 is 11.1. The fourth-order valence-electron chi connectivity index (χ4n) is 3.91. The number of carbonyl (C=O) groups is 1. The zero-order valence-corrected chi connectivity index (χ0v) is 13.7. The van der Waals surface area contributed by atoms with Gasteiger partial charge in [0.05, 0.1) is 7.11 Å². The van der Waals surface area contributed by atoms with Crippen LogP contribution in [0.1, 0.15) is 29.8 Å². The molecule has 5 heteroatoms. The molecule has 2 aromatic rings. The van der Waals surface area contributed by atoms with Gasteiger partial charge in [-0.2, -0.15) is 0 Å². The number of furan rings is 1. The fraction of sp³-hybridized carbons (Fsp3) is 0.500. The number of rotatable bonds is 2. The van der Waals surface area contributed by atoms with Crippen molar-refractivity contribution in [1.29, 1.82) is 0 Å². The highest BCUT2D eigenvalue weighted by Gasteiger charge is 2.46. The van der Waals surface area contributed by atoms with Gasteiger partial charge in [-0.15, -0.1) is 0 Å². The molecule has 3 heterocycles. The maximum Gasteiger partial charge on any atom is 0.289 e. The second-order valence-electron chi connectivity index (χ2n) is 6.72. The molecule has 0 aliphatic carbocycles. The number of para-hydroxylation sites is 1. The first kappa shape index (κ1) is 14.6. The standard InChI is InChI=1S/C18H22N2O3/c1-19-10-8-18(19)7-4-9-20(12-18)17(21)15-11-13-5-3-6-14(22-2)16(13)23-15/h3,5-6,11H,4,7-10,12H2,1-2H3/t18-/m1/s1. The predicted octanol–water partition coefficient (Wildman–Crippen LogP) is 2.75. The maximum absolute atomic E-state index is 12.9. The average molecular weight is 314 g/mol. The molecule has 23 heavy (non-hydrogen) atoms. The zero-order chi connectivity index (χ0) is 16.0. The lowest BCUT2D eigenvalue weighted by Gasteiger charge is -2.55. The van der Waals surface area contributed by atoms with Gasteiger partial charge in [-0.3, -0.25) is 9.69 Å². The van der Waals surface area contributed by atoms with E-state index in [1.54, 1.807) is 7.11 Å². The summed E-state index contributed by atoms with van der Waals surface area (Å²) in [7, 11) is 3.77. The van der Waals surface area contributed by atoms with Crippen LogP contribution in [-0.4, -0.2) is 55.0 Å². The Hall–Kier alpha value is -2.01. The first-order valence-electron chi connectivity index (χ1n) is 8.20. The van der Waals surface area contributed by atoms with Crippen molar-refractivity contribution >= 4 is 16.9 Å². The Morgan fingerprint density at radius 3 is 2.87 bits per heavy atom. The van der Waals surface area contributed by atoms with Crippen molar-refractivity contribution in [3.05, 3.63) is 30.0 Å². The van der Waals surface area contributed by atoms with Crippen LogP contribution in [-0.2, 0) is 0 Å². The van der Waals surface area contributed by atoms with Crippen molar-refractivity contribution in [1.82, 2.24) is 9.80 Å². The van der Waals surface area contributed by atoms with E-state index in [0.717, 1.165) is 31.4 Å². The molecule has 2 aliphatic heterocycles. The Kier molecular flexibility index (Phi) is 3.34. The number of ether oxygens (including phenoxy) is 1. The summed E-state index contributed by atoms with van der Waals surface area (Å²) >= 11 is 0. The number of nitrogens with zero attached hydrogens (tertiary/aromatic N) is 2. The van der Waals surface area contributed by atoms with E-state index in [9.17, 15) is 4.79 Å². The van der Waals surface area contributed by atoms with Gasteiger partial charge in [-0.05, 0) is 38.4 Å². The summed E-state index contributed by atoms with van der Waals surface area (Å²) in [5.41, 5.74) is 0.836. The monoisotopic (exact) mass is 314 g/mol. The minimum absolute atomic E-state index is 0.0115. The van der Waals surface area contributed by atoms with Gasteiger partial charge >= 0.3 is 0 Å². The Labute approximate surface area is 135 Å². The molecule has 2 aliphatic rings. The van der Waals surface area contributed by atoms with E-state index in [1.807, 2.05) is 29.2 Å². The summed E-state index contributed by atoms with van der Waals surface area (Å²) in [6.07, 6.45) is 3.42. The van der Waals surface area contributed by atoms with Crippen molar-refractivity contribution in [3.63, 3.8) is 0 Å². The molecule has 1 spiro atoms. The van der Waals surface area contributed by atoms with Gasteiger partial charge in [-0.1, -0.05) is 12.1 Å². The zero-order valence-electron chi connectivity index (χ0n) is 13.7. The van der Waals surface area contributed by atoms with Crippen molar-refractivity contribution in [3.8, 4) is 5.75 Å². The number of amides is 1. The highest BCUT2D eigenvalue weighted by atomic mass is 16.5. The quantitative estimate of drug-likeness (QED) is 0.855. The van der Waals surface area contributed by atoms with Crippen LogP contribution in [0.4, 0.5) is 0 Å². The number of benzene rings is 1. The van der Waals surface area contributed by atoms with Crippen LogP contribution in [0.3, 0.4) is 0 Å². The number of piperidine rings is 1. The van der Waals surface area contributed by atoms with Gasteiger partial charge in [-0.25, -0.2) is 0 Å². The summed E-state index contributed by atoms with van der Waals surface area (Å²) in [4.78, 5) is 17.2. The Morgan fingerprint density at radius 1 is 1.30 bits per heavy atom. The normalized spacial score (nSPS) is 24.9. The maximum atomic E-state index is 12.9. The van der Waals surface area contributed by atoms with E-state index in [-0.39, 0.29) is 11.4 Å². The molecule has 0 saturated carbocycles. The van der Waals surface area contributed by atoms with E-state index in [0.29, 0.717) is 17.1 Å². The van der Waals surface area contributed by atoms with Gasteiger partial charge in [0.1, 0.15) is 0 Å². The molecule has 5 nitrogen and oxygen atoms in total. The van der Waals surface area contributed by atoms with E-state index in [1.165, 1.54) is 12.8 Å². The van der Waals surface area contributed by atoms with Crippen LogP contribution in [0, 0.1) is 0 Å². The highest BCUT2D eigenvalue weighted by molar-refractivity contribution is 5.97. The molecule has 0 radical (unpaired) electrons. The van der Waals surface area contributed by atoms with E-state index >= 15 is 0 Å². The third-order valence-electron chi connectivity index (χ3n) is 5.50. The van der Waals surface area contributed by atoms with Crippen molar-refractivity contribution in [2.45, 2.75) is 24.8 Å². The van der Waals surface area contributed by atoms with Crippen LogP contribution in [0.2, 0.25) is 0 Å². The second kappa shape index (κ2) is 5.27. The summed E-state index contributed by atoms with van der Waals surface area (Å²) in [5, 5.41) is 0.903. The largest absolute Gasteiger partial charge is 0.493 e. The molecular formula is C18H22N2O3. The number of likely N-dealkylation sites (N-methyl/N-ethyl adjacent to an activating group) is 1. The summed E-state index contributed by atoms with van der Waals surface area (Å²) in [5.74, 6) is 1.06. The fourth-order valence-corrected chi connectivity index (χ4v) is 3.91. The van der Waals surface area contributed by atoms with E-state index in [2.05, 4.69) is 11.9 Å². The lowest BCUT2D eigenvalue weighted by atomic mass is 9.78. The van der Waals surface area contributed by atoms with Gasteiger partial charge in [0.25, 0.3) is 5.91 Å². The van der Waals surface area contributed by atoms with Gasteiger partial charge in [0.2, 0.25) is 0 Å². The first-order valence-corrected chi connectivity index (χ1v) is 8.20. The molecule has 4 rings (SSSR count). The number of likely N-dealkylation sites (tertiary alicyclic amines) is 2. The lowest BCUT2D eigenvalue weighted by Crippen LogP contribution is -2.65. The third kappa shape index (κ3) is 2.22. The summed E-state index contributed by atoms with van der Waals surface area (Å²) in [6.45, 7) is 2.74. The smallest absolute Gasteiger partial charge is 0.289 e. The molecular weight excluding hydrogens is 292 g/mol. The molecule has 1 amide bonds. The molecule has 1 aromatic heterocycles. The highest BCUT2D eigenvalue weighted by Crippen LogP contribution is 2.38. The molecule has 1 atom stereocenters. The molecule has 122 valence electrons. The Morgan fingerprint density at radius 2 is 2.17 bits per heavy atom. The molecule has 0 unspecified atom stereocenters. The summed E-state index contributed by atoms with van der Waals surface area (Å²) in [6, 6.07) is 7.52. The van der Waals surface area contributed by atoms with Gasteiger partial charge < -0.3 is 14.1 Å². The molecule has 1 aromatic carbocycles. The van der Waals surface area contributed by atoms with Crippen LogP contribution in [0.15, 0.2) is 28.7 Å². The van der Waals surface area contributed by atoms with Gasteiger partial charge in [0.15, 0.2) is 17.1 Å². The minimum Gasteiger partial charge on any atom is -0.493 e. The van der Waals surface area contributed by atoms with Crippen molar-refractivity contribution in [2.75, 3.05) is 33.8 Å². The number of hydrogen-bond acceptors (Lipinski definition) is 4. The van der Waals surface area contributed by atoms with E-state index < -0.39 is 0 Å². The molecule has 0 N–H and O–H groups in total. The Balaban J connectivity index is 1.61. The SMILES string of the molecule is COc1cccc2cc(C(=O)N3CCC[C@@]4(CCN4C)C3)oc12. The van der Waals surface area contributed by atoms with Crippen LogP contribution in [0.25, 0.3) is 11.0 Å². The van der Waals surface area contributed by atoms with E-state index in [4.69, 9.17) is 9.15 Å². The topological polar surface area (TPSA) is 45.9 Å². The second-order valence-corrected chi connectivity index (χ2v) is 6.72. The molecule has 2 fully saturated rings. The minimum atomic E-state index is -0.0115. The predicted molar refractivity (Wildman–Crippen MR) is 87.9 cm³/mol.